The van der Waals surface area contributed by atoms with Gasteiger partial charge in [-0.25, -0.2) is 0 Å². The second kappa shape index (κ2) is 5.47. The zero-order chi connectivity index (χ0) is 17.7. The van der Waals surface area contributed by atoms with Crippen LogP contribution < -0.4 is 5.32 Å². The summed E-state index contributed by atoms with van der Waals surface area (Å²) in [7, 11) is 0. The molecule has 0 saturated heterocycles. The van der Waals surface area contributed by atoms with Gasteiger partial charge in [-0.1, -0.05) is 62.4 Å². The maximum absolute atomic E-state index is 3.53. The molecule has 1 nitrogen and oxygen atoms in total. The number of benzene rings is 4. The fourth-order valence-electron chi connectivity index (χ4n) is 4.19. The summed E-state index contributed by atoms with van der Waals surface area (Å²) in [6, 6.07) is 30.5. The molecule has 1 aliphatic rings. The second-order valence-corrected chi connectivity index (χ2v) is 7.62. The molecule has 0 bridgehead atoms. The lowest BCUT2D eigenvalue weighted by molar-refractivity contribution is 0.661. The lowest BCUT2D eigenvalue weighted by atomic mass is 9.82. The highest BCUT2D eigenvalue weighted by atomic mass is 14.9. The Morgan fingerprint density at radius 2 is 1.23 bits per heavy atom. The Balaban J connectivity index is 1.65. The standard InChI is InChI=1S/C25H21N/c1-25(2)23-15-18-9-7-6-8-17(18)14-22(23)21-13-12-20(16-24(21)25)26-19-10-4-3-5-11-19/h3-16,26H,1-2H3. The van der Waals surface area contributed by atoms with E-state index in [1.54, 1.807) is 0 Å². The van der Waals surface area contributed by atoms with Crippen LogP contribution in [-0.2, 0) is 5.41 Å². The van der Waals surface area contributed by atoms with Crippen molar-refractivity contribution in [2.75, 3.05) is 5.32 Å². The van der Waals surface area contributed by atoms with Crippen LogP contribution in [0.2, 0.25) is 0 Å². The van der Waals surface area contributed by atoms with Crippen molar-refractivity contribution in [1.29, 1.82) is 0 Å². The van der Waals surface area contributed by atoms with E-state index in [4.69, 9.17) is 0 Å². The van der Waals surface area contributed by atoms with Crippen LogP contribution in [0, 0.1) is 0 Å². The molecule has 4 aromatic rings. The minimum Gasteiger partial charge on any atom is -0.356 e. The second-order valence-electron chi connectivity index (χ2n) is 7.62. The molecule has 5 rings (SSSR count). The molecule has 4 aromatic carbocycles. The molecule has 0 radical (unpaired) electrons. The zero-order valence-electron chi connectivity index (χ0n) is 15.1. The summed E-state index contributed by atoms with van der Waals surface area (Å²) in [5.41, 5.74) is 7.80. The van der Waals surface area contributed by atoms with Crippen LogP contribution in [0.25, 0.3) is 21.9 Å². The van der Waals surface area contributed by atoms with Gasteiger partial charge in [-0.05, 0) is 69.4 Å². The van der Waals surface area contributed by atoms with Gasteiger partial charge < -0.3 is 5.32 Å². The van der Waals surface area contributed by atoms with Gasteiger partial charge in [0, 0.05) is 16.8 Å². The smallest absolute Gasteiger partial charge is 0.0387 e. The van der Waals surface area contributed by atoms with Gasteiger partial charge in [-0.3, -0.25) is 0 Å². The lowest BCUT2D eigenvalue weighted by Crippen LogP contribution is -2.15. The molecule has 0 spiro atoms. The van der Waals surface area contributed by atoms with Gasteiger partial charge in [-0.15, -0.1) is 0 Å². The maximum atomic E-state index is 3.53. The molecule has 26 heavy (non-hydrogen) atoms. The Hall–Kier alpha value is -3.06. The minimum absolute atomic E-state index is 0.00305. The Bertz CT molecular complexity index is 1120. The molecule has 0 amide bonds. The van der Waals surface area contributed by atoms with Crippen LogP contribution >= 0.6 is 0 Å². The van der Waals surface area contributed by atoms with E-state index in [2.05, 4.69) is 98.0 Å². The van der Waals surface area contributed by atoms with E-state index in [0.29, 0.717) is 0 Å². The molecule has 126 valence electrons. The molecule has 1 heteroatoms. The van der Waals surface area contributed by atoms with Crippen molar-refractivity contribution in [3.63, 3.8) is 0 Å². The first-order valence-electron chi connectivity index (χ1n) is 9.13. The van der Waals surface area contributed by atoms with Crippen LogP contribution in [0.15, 0.2) is 84.9 Å². The molecular formula is C25H21N. The quantitative estimate of drug-likeness (QED) is 0.420. The average molecular weight is 335 g/mol. The molecule has 0 aliphatic heterocycles. The number of rotatable bonds is 2. The number of hydrogen-bond donors (Lipinski definition) is 1. The van der Waals surface area contributed by atoms with E-state index in [1.165, 1.54) is 33.0 Å². The summed E-state index contributed by atoms with van der Waals surface area (Å²) < 4.78 is 0. The molecule has 1 N–H and O–H groups in total. The highest BCUT2D eigenvalue weighted by Crippen LogP contribution is 2.50. The number of hydrogen-bond acceptors (Lipinski definition) is 1. The Morgan fingerprint density at radius 1 is 0.577 bits per heavy atom. The number of fused-ring (bicyclic) bond motifs is 4. The Morgan fingerprint density at radius 3 is 2.00 bits per heavy atom. The third-order valence-corrected chi connectivity index (χ3v) is 5.60. The van der Waals surface area contributed by atoms with Crippen molar-refractivity contribution in [3.8, 4) is 11.1 Å². The van der Waals surface area contributed by atoms with Crippen LogP contribution in [0.3, 0.4) is 0 Å². The van der Waals surface area contributed by atoms with Gasteiger partial charge in [0.25, 0.3) is 0 Å². The average Bonchev–Trinajstić information content (AvgIpc) is 2.88. The number of anilines is 2. The van der Waals surface area contributed by atoms with Crippen LogP contribution in [0.5, 0.6) is 0 Å². The van der Waals surface area contributed by atoms with E-state index < -0.39 is 0 Å². The first-order valence-corrected chi connectivity index (χ1v) is 9.13. The van der Waals surface area contributed by atoms with Gasteiger partial charge >= 0.3 is 0 Å². The molecular weight excluding hydrogens is 314 g/mol. The third kappa shape index (κ3) is 2.24. The van der Waals surface area contributed by atoms with Crippen LogP contribution in [0.4, 0.5) is 11.4 Å². The van der Waals surface area contributed by atoms with Gasteiger partial charge in [0.05, 0.1) is 0 Å². The molecule has 1 aliphatic carbocycles. The monoisotopic (exact) mass is 335 g/mol. The molecule has 0 aromatic heterocycles. The Kier molecular flexibility index (Phi) is 3.20. The van der Waals surface area contributed by atoms with Gasteiger partial charge in [0.15, 0.2) is 0 Å². The minimum atomic E-state index is 0.00305. The highest BCUT2D eigenvalue weighted by Gasteiger charge is 2.35. The van der Waals surface area contributed by atoms with Crippen molar-refractivity contribution < 1.29 is 0 Å². The SMILES string of the molecule is CC1(C)c2cc(Nc3ccccc3)ccc2-c2cc3ccccc3cc21. The van der Waals surface area contributed by atoms with E-state index in [1.807, 2.05) is 6.07 Å². The summed E-state index contributed by atoms with van der Waals surface area (Å²) in [5.74, 6) is 0. The van der Waals surface area contributed by atoms with Crippen molar-refractivity contribution in [2.24, 2.45) is 0 Å². The normalized spacial score (nSPS) is 14.1. The highest BCUT2D eigenvalue weighted by molar-refractivity contribution is 5.94. The van der Waals surface area contributed by atoms with Crippen molar-refractivity contribution in [1.82, 2.24) is 0 Å². The van der Waals surface area contributed by atoms with Gasteiger partial charge in [0.1, 0.15) is 0 Å². The summed E-state index contributed by atoms with van der Waals surface area (Å²) in [5, 5.41) is 6.15. The fourth-order valence-corrected chi connectivity index (χ4v) is 4.19. The molecule has 0 heterocycles. The third-order valence-electron chi connectivity index (χ3n) is 5.60. The van der Waals surface area contributed by atoms with Crippen LogP contribution in [0.1, 0.15) is 25.0 Å². The molecule has 0 fully saturated rings. The molecule has 0 atom stereocenters. The van der Waals surface area contributed by atoms with Gasteiger partial charge in [0.2, 0.25) is 0 Å². The number of nitrogens with one attached hydrogen (secondary N) is 1. The zero-order valence-corrected chi connectivity index (χ0v) is 15.1. The summed E-state index contributed by atoms with van der Waals surface area (Å²) in [4.78, 5) is 0. The Labute approximate surface area is 154 Å². The fraction of sp³-hybridized carbons (Fsp3) is 0.120. The van der Waals surface area contributed by atoms with Gasteiger partial charge in [-0.2, -0.15) is 0 Å². The largest absolute Gasteiger partial charge is 0.356 e. The van der Waals surface area contributed by atoms with Crippen molar-refractivity contribution in [2.45, 2.75) is 19.3 Å². The summed E-state index contributed by atoms with van der Waals surface area (Å²) >= 11 is 0. The van der Waals surface area contributed by atoms with Crippen molar-refractivity contribution in [3.05, 3.63) is 96.1 Å². The molecule has 0 saturated carbocycles. The topological polar surface area (TPSA) is 12.0 Å². The van der Waals surface area contributed by atoms with Crippen molar-refractivity contribution >= 4 is 22.1 Å². The van der Waals surface area contributed by atoms with Crippen LogP contribution in [-0.4, -0.2) is 0 Å². The molecule has 0 unspecified atom stereocenters. The van der Waals surface area contributed by atoms with E-state index in [0.717, 1.165) is 11.4 Å². The maximum Gasteiger partial charge on any atom is 0.0387 e. The summed E-state index contributed by atoms with van der Waals surface area (Å²) in [6.45, 7) is 4.66. The summed E-state index contributed by atoms with van der Waals surface area (Å²) in [6.07, 6.45) is 0. The van der Waals surface area contributed by atoms with E-state index in [-0.39, 0.29) is 5.41 Å². The van der Waals surface area contributed by atoms with E-state index >= 15 is 0 Å². The predicted molar refractivity (Wildman–Crippen MR) is 111 cm³/mol. The predicted octanol–water partition coefficient (Wildman–Crippen LogP) is 6.89. The number of para-hydroxylation sites is 1. The first-order chi connectivity index (χ1) is 12.6. The first kappa shape index (κ1) is 15.2. The lowest BCUT2D eigenvalue weighted by Gasteiger charge is -2.22. The van der Waals surface area contributed by atoms with E-state index in [9.17, 15) is 0 Å².